The van der Waals surface area contributed by atoms with Crippen LogP contribution in [0.2, 0.25) is 0 Å². The molecule has 0 atom stereocenters. The zero-order valence-corrected chi connectivity index (χ0v) is 16.8. The van der Waals surface area contributed by atoms with Crippen LogP contribution in [0, 0.1) is 0 Å². The Balaban J connectivity index is 1.38. The molecule has 3 aromatic rings. The number of hydrogen-bond donors (Lipinski definition) is 2. The maximum absolute atomic E-state index is 12.3. The molecule has 0 aliphatic heterocycles. The number of carbonyl (C=O) groups is 1. The monoisotopic (exact) mass is 390 g/mol. The minimum atomic E-state index is -0.0303. The van der Waals surface area contributed by atoms with Crippen LogP contribution in [-0.2, 0) is 0 Å². The van der Waals surface area contributed by atoms with Gasteiger partial charge in [0.25, 0.3) is 5.91 Å². The fourth-order valence-electron chi connectivity index (χ4n) is 3.80. The first kappa shape index (κ1) is 19.1. The highest BCUT2D eigenvalue weighted by Crippen LogP contribution is 2.26. The van der Waals surface area contributed by atoms with E-state index in [1.54, 1.807) is 24.5 Å². The van der Waals surface area contributed by atoms with Crippen molar-refractivity contribution in [3.05, 3.63) is 54.4 Å². The summed E-state index contributed by atoms with van der Waals surface area (Å²) in [6, 6.07) is 12.0. The fourth-order valence-corrected chi connectivity index (χ4v) is 3.80. The van der Waals surface area contributed by atoms with Gasteiger partial charge in [-0.1, -0.05) is 12.1 Å². The largest absolute Gasteiger partial charge is 0.362 e. The van der Waals surface area contributed by atoms with Gasteiger partial charge in [0.05, 0.1) is 5.52 Å². The number of benzene rings is 1. The smallest absolute Gasteiger partial charge is 0.251 e. The summed E-state index contributed by atoms with van der Waals surface area (Å²) in [6.07, 6.45) is 7.08. The Bertz CT molecular complexity index is 983. The Morgan fingerprint density at radius 1 is 0.966 bits per heavy atom. The summed E-state index contributed by atoms with van der Waals surface area (Å²) in [5, 5.41) is 7.69. The molecule has 0 bridgehead atoms. The van der Waals surface area contributed by atoms with Crippen molar-refractivity contribution >= 4 is 28.6 Å². The predicted molar refractivity (Wildman–Crippen MR) is 115 cm³/mol. The van der Waals surface area contributed by atoms with E-state index in [1.807, 2.05) is 43.3 Å². The Kier molecular flexibility index (Phi) is 5.55. The molecule has 0 spiro atoms. The van der Waals surface area contributed by atoms with Gasteiger partial charge in [-0.15, -0.1) is 0 Å². The number of pyridine rings is 1. The number of rotatable bonds is 5. The van der Waals surface area contributed by atoms with Crippen LogP contribution in [-0.4, -0.2) is 47.0 Å². The van der Waals surface area contributed by atoms with Gasteiger partial charge < -0.3 is 15.5 Å². The van der Waals surface area contributed by atoms with Gasteiger partial charge in [-0.05, 0) is 49.9 Å². The van der Waals surface area contributed by atoms with Crippen molar-refractivity contribution in [2.75, 3.05) is 24.3 Å². The second-order valence-corrected chi connectivity index (χ2v) is 7.68. The van der Waals surface area contributed by atoms with Crippen LogP contribution < -0.4 is 15.5 Å². The SMILES string of the molecule is CN(C)c1nc(N[C@H]2CC[C@@H](NC(=O)c3ccncc3)CC2)nc2ccccc12. The Morgan fingerprint density at radius 3 is 2.38 bits per heavy atom. The molecule has 7 nitrogen and oxygen atoms in total. The zero-order valence-electron chi connectivity index (χ0n) is 16.8. The molecule has 0 unspecified atom stereocenters. The third-order valence-electron chi connectivity index (χ3n) is 5.34. The molecule has 2 N–H and O–H groups in total. The van der Waals surface area contributed by atoms with Gasteiger partial charge in [0.2, 0.25) is 5.95 Å². The molecule has 1 aromatic carbocycles. The van der Waals surface area contributed by atoms with Gasteiger partial charge in [0.15, 0.2) is 0 Å². The maximum Gasteiger partial charge on any atom is 0.251 e. The summed E-state index contributed by atoms with van der Waals surface area (Å²) in [7, 11) is 3.99. The topological polar surface area (TPSA) is 83.0 Å². The van der Waals surface area contributed by atoms with Crippen LogP contribution in [0.25, 0.3) is 10.9 Å². The van der Waals surface area contributed by atoms with E-state index in [0.717, 1.165) is 42.4 Å². The molecule has 1 fully saturated rings. The first-order valence-corrected chi connectivity index (χ1v) is 10.0. The summed E-state index contributed by atoms with van der Waals surface area (Å²) in [6.45, 7) is 0. The van der Waals surface area contributed by atoms with E-state index < -0.39 is 0 Å². The third kappa shape index (κ3) is 4.45. The van der Waals surface area contributed by atoms with Crippen LogP contribution >= 0.6 is 0 Å². The molecule has 1 amide bonds. The summed E-state index contributed by atoms with van der Waals surface area (Å²) in [4.78, 5) is 27.7. The number of carbonyl (C=O) groups excluding carboxylic acids is 1. The summed E-state index contributed by atoms with van der Waals surface area (Å²) in [5.41, 5.74) is 1.59. The van der Waals surface area contributed by atoms with Crippen molar-refractivity contribution in [1.82, 2.24) is 20.3 Å². The molecule has 0 radical (unpaired) electrons. The van der Waals surface area contributed by atoms with Crippen molar-refractivity contribution in [3.63, 3.8) is 0 Å². The van der Waals surface area contributed by atoms with Gasteiger partial charge in [-0.3, -0.25) is 9.78 Å². The van der Waals surface area contributed by atoms with E-state index in [9.17, 15) is 4.79 Å². The second-order valence-electron chi connectivity index (χ2n) is 7.68. The van der Waals surface area contributed by atoms with Crippen molar-refractivity contribution in [2.45, 2.75) is 37.8 Å². The molecule has 7 heteroatoms. The number of para-hydroxylation sites is 1. The number of aromatic nitrogens is 3. The zero-order chi connectivity index (χ0) is 20.2. The lowest BCUT2D eigenvalue weighted by Gasteiger charge is -2.30. The number of hydrogen-bond acceptors (Lipinski definition) is 6. The van der Waals surface area contributed by atoms with Gasteiger partial charge in [-0.25, -0.2) is 4.98 Å². The van der Waals surface area contributed by atoms with Crippen molar-refractivity contribution in [1.29, 1.82) is 0 Å². The lowest BCUT2D eigenvalue weighted by atomic mass is 9.91. The summed E-state index contributed by atoms with van der Waals surface area (Å²) >= 11 is 0. The fraction of sp³-hybridized carbons (Fsp3) is 0.364. The molecule has 4 rings (SSSR count). The first-order chi connectivity index (χ1) is 14.1. The highest BCUT2D eigenvalue weighted by molar-refractivity contribution is 5.94. The van der Waals surface area contributed by atoms with Crippen molar-refractivity contribution in [3.8, 4) is 0 Å². The predicted octanol–water partition coefficient (Wildman–Crippen LogP) is 3.24. The molecule has 150 valence electrons. The van der Waals surface area contributed by atoms with E-state index in [2.05, 4.69) is 15.6 Å². The number of amides is 1. The third-order valence-corrected chi connectivity index (χ3v) is 5.34. The minimum Gasteiger partial charge on any atom is -0.362 e. The minimum absolute atomic E-state index is 0.0303. The van der Waals surface area contributed by atoms with E-state index in [0.29, 0.717) is 17.6 Å². The van der Waals surface area contributed by atoms with Crippen LogP contribution in [0.15, 0.2) is 48.8 Å². The highest BCUT2D eigenvalue weighted by Gasteiger charge is 2.23. The van der Waals surface area contributed by atoms with Gasteiger partial charge in [0.1, 0.15) is 5.82 Å². The van der Waals surface area contributed by atoms with Crippen LogP contribution in [0.1, 0.15) is 36.0 Å². The van der Waals surface area contributed by atoms with Gasteiger partial charge in [-0.2, -0.15) is 4.98 Å². The molecule has 2 heterocycles. The second kappa shape index (κ2) is 8.43. The van der Waals surface area contributed by atoms with E-state index in [4.69, 9.17) is 9.97 Å². The van der Waals surface area contributed by atoms with E-state index in [1.165, 1.54) is 0 Å². The van der Waals surface area contributed by atoms with Gasteiger partial charge >= 0.3 is 0 Å². The molecule has 0 saturated heterocycles. The molecule has 1 aliphatic rings. The highest BCUT2D eigenvalue weighted by atomic mass is 16.1. The molecule has 1 aliphatic carbocycles. The Morgan fingerprint density at radius 2 is 1.66 bits per heavy atom. The van der Waals surface area contributed by atoms with E-state index >= 15 is 0 Å². The lowest BCUT2D eigenvalue weighted by molar-refractivity contribution is 0.0926. The Hall–Kier alpha value is -3.22. The average molecular weight is 390 g/mol. The van der Waals surface area contributed by atoms with Crippen LogP contribution in [0.3, 0.4) is 0 Å². The lowest BCUT2D eigenvalue weighted by Crippen LogP contribution is -2.40. The van der Waals surface area contributed by atoms with Crippen molar-refractivity contribution < 1.29 is 4.79 Å². The molecule has 2 aromatic heterocycles. The first-order valence-electron chi connectivity index (χ1n) is 10.0. The number of anilines is 2. The number of fused-ring (bicyclic) bond motifs is 1. The van der Waals surface area contributed by atoms with Crippen LogP contribution in [0.4, 0.5) is 11.8 Å². The standard InChI is InChI=1S/C22H26N6O/c1-28(2)20-18-5-3-4-6-19(18)26-22(27-20)25-17-9-7-16(8-10-17)24-21(29)15-11-13-23-14-12-15/h3-6,11-14,16-17H,7-10H2,1-2H3,(H,24,29)(H,25,26,27)/t16-,17+. The normalized spacial score (nSPS) is 19.0. The van der Waals surface area contributed by atoms with E-state index in [-0.39, 0.29) is 11.9 Å². The Labute approximate surface area is 170 Å². The molecular formula is C22H26N6O. The van der Waals surface area contributed by atoms with Crippen molar-refractivity contribution in [2.24, 2.45) is 0 Å². The maximum atomic E-state index is 12.3. The van der Waals surface area contributed by atoms with Gasteiger partial charge in [0, 0.05) is 49.5 Å². The summed E-state index contributed by atoms with van der Waals surface area (Å²) in [5.74, 6) is 1.55. The quantitative estimate of drug-likeness (QED) is 0.696. The summed E-state index contributed by atoms with van der Waals surface area (Å²) < 4.78 is 0. The molecule has 1 saturated carbocycles. The molecule has 29 heavy (non-hydrogen) atoms. The molecular weight excluding hydrogens is 364 g/mol. The number of nitrogens with one attached hydrogen (secondary N) is 2. The average Bonchev–Trinajstić information content (AvgIpc) is 2.75. The number of nitrogens with zero attached hydrogens (tertiary/aromatic N) is 4. The van der Waals surface area contributed by atoms with Crippen LogP contribution in [0.5, 0.6) is 0 Å².